The Balaban J connectivity index is 2.75. The number of benzene rings is 1. The van der Waals surface area contributed by atoms with Crippen LogP contribution in [-0.2, 0) is 0 Å². The van der Waals surface area contributed by atoms with Crippen LogP contribution in [-0.4, -0.2) is 18.3 Å². The van der Waals surface area contributed by atoms with E-state index in [1.807, 2.05) is 0 Å². The van der Waals surface area contributed by atoms with Crippen LogP contribution >= 0.6 is 11.6 Å². The van der Waals surface area contributed by atoms with Crippen molar-refractivity contribution in [2.24, 2.45) is 0 Å². The summed E-state index contributed by atoms with van der Waals surface area (Å²) in [6.45, 7) is -0.226. The molecule has 0 spiro atoms. The molecule has 0 radical (unpaired) electrons. The average molecular weight is 266 g/mol. The number of ether oxygens (including phenoxy) is 2. The highest BCUT2D eigenvalue weighted by molar-refractivity contribution is 6.22. The molecule has 1 unspecified atom stereocenters. The van der Waals surface area contributed by atoms with Gasteiger partial charge in [0, 0.05) is 0 Å². The van der Waals surface area contributed by atoms with Crippen molar-refractivity contribution in [1.82, 2.24) is 0 Å². The maximum Gasteiger partial charge on any atom is 0.573 e. The van der Waals surface area contributed by atoms with Gasteiger partial charge in [-0.15, -0.1) is 24.8 Å². The van der Waals surface area contributed by atoms with Crippen molar-refractivity contribution in [3.05, 3.63) is 24.3 Å². The maximum atomic E-state index is 12.0. The van der Waals surface area contributed by atoms with Crippen LogP contribution in [0, 0.1) is 11.3 Å². The monoisotopic (exact) mass is 265 g/mol. The summed E-state index contributed by atoms with van der Waals surface area (Å²) in [5.74, 6) is -0.590. The first-order chi connectivity index (χ1) is 7.92. The Hall–Kier alpha value is -1.61. The molecule has 0 aromatic heterocycles. The summed E-state index contributed by atoms with van der Waals surface area (Å²) in [4.78, 5) is 0. The predicted octanol–water partition coefficient (Wildman–Crippen LogP) is 3.09. The Labute approximate surface area is 100 Å². The van der Waals surface area contributed by atoms with Gasteiger partial charge in [-0.1, -0.05) is 12.1 Å². The molecule has 1 aromatic carbocycles. The van der Waals surface area contributed by atoms with E-state index in [0.717, 1.165) is 6.07 Å². The van der Waals surface area contributed by atoms with Crippen molar-refractivity contribution in [3.8, 4) is 17.6 Å². The molecule has 1 atom stereocenters. The molecule has 0 aliphatic carbocycles. The topological polar surface area (TPSA) is 42.2 Å². The Kier molecular flexibility index (Phi) is 4.46. The van der Waals surface area contributed by atoms with E-state index in [1.54, 1.807) is 6.07 Å². The molecule has 1 aromatic rings. The molecule has 0 fully saturated rings. The summed E-state index contributed by atoms with van der Waals surface area (Å²) in [6.07, 6.45) is -4.80. The van der Waals surface area contributed by atoms with Crippen LogP contribution in [0.5, 0.6) is 11.5 Å². The molecule has 0 heterocycles. The quantitative estimate of drug-likeness (QED) is 0.786. The summed E-state index contributed by atoms with van der Waals surface area (Å²) >= 11 is 5.45. The zero-order valence-corrected chi connectivity index (χ0v) is 9.13. The van der Waals surface area contributed by atoms with Crippen molar-refractivity contribution in [2.45, 2.75) is 11.7 Å². The van der Waals surface area contributed by atoms with E-state index >= 15 is 0 Å². The fourth-order valence-corrected chi connectivity index (χ4v) is 1.04. The van der Waals surface area contributed by atoms with Crippen LogP contribution in [0.1, 0.15) is 0 Å². The zero-order valence-electron chi connectivity index (χ0n) is 8.37. The van der Waals surface area contributed by atoms with Crippen molar-refractivity contribution in [2.75, 3.05) is 6.61 Å². The van der Waals surface area contributed by atoms with Gasteiger partial charge in [-0.05, 0) is 12.1 Å². The summed E-state index contributed by atoms with van der Waals surface area (Å²) in [5, 5.41) is 7.46. The van der Waals surface area contributed by atoms with Gasteiger partial charge >= 0.3 is 6.36 Å². The molecular weight excluding hydrogens is 259 g/mol. The lowest BCUT2D eigenvalue weighted by atomic mass is 10.3. The van der Waals surface area contributed by atoms with Gasteiger partial charge in [-0.25, -0.2) is 0 Å². The molecule has 0 aliphatic heterocycles. The Morgan fingerprint density at radius 2 is 1.88 bits per heavy atom. The van der Waals surface area contributed by atoms with Gasteiger partial charge in [0.2, 0.25) is 0 Å². The summed E-state index contributed by atoms with van der Waals surface area (Å²) < 4.78 is 44.8. The minimum Gasteiger partial charge on any atom is -0.487 e. The largest absolute Gasteiger partial charge is 0.573 e. The second-order valence-corrected chi connectivity index (χ2v) is 3.43. The highest BCUT2D eigenvalue weighted by Crippen LogP contribution is 2.31. The van der Waals surface area contributed by atoms with E-state index in [4.69, 9.17) is 21.6 Å². The maximum absolute atomic E-state index is 12.0. The number of alkyl halides is 4. The molecule has 0 N–H and O–H groups in total. The Morgan fingerprint density at radius 3 is 2.41 bits per heavy atom. The van der Waals surface area contributed by atoms with Crippen molar-refractivity contribution < 1.29 is 22.6 Å². The van der Waals surface area contributed by atoms with Crippen LogP contribution in [0.15, 0.2) is 24.3 Å². The zero-order chi connectivity index (χ0) is 12.9. The van der Waals surface area contributed by atoms with E-state index < -0.39 is 17.5 Å². The Morgan fingerprint density at radius 1 is 1.29 bits per heavy atom. The number of nitrogens with zero attached hydrogens (tertiary/aromatic N) is 1. The lowest BCUT2D eigenvalue weighted by Gasteiger charge is -2.13. The van der Waals surface area contributed by atoms with Crippen LogP contribution in [0.25, 0.3) is 0 Å². The average Bonchev–Trinajstić information content (AvgIpc) is 2.25. The first-order valence-corrected chi connectivity index (χ1v) is 4.87. The highest BCUT2D eigenvalue weighted by atomic mass is 35.5. The van der Waals surface area contributed by atoms with Crippen LogP contribution in [0.3, 0.4) is 0 Å². The number of nitriles is 1. The van der Waals surface area contributed by atoms with E-state index in [-0.39, 0.29) is 12.4 Å². The highest BCUT2D eigenvalue weighted by Gasteiger charge is 2.32. The normalized spacial score (nSPS) is 12.6. The minimum absolute atomic E-state index is 0.120. The van der Waals surface area contributed by atoms with Gasteiger partial charge in [0.1, 0.15) is 6.61 Å². The number of hydrogen-bond acceptors (Lipinski definition) is 3. The number of para-hydroxylation sites is 2. The summed E-state index contributed by atoms with van der Waals surface area (Å²) in [5.41, 5.74) is 0. The number of hydrogen-bond donors (Lipinski definition) is 0. The number of rotatable bonds is 4. The third kappa shape index (κ3) is 4.83. The van der Waals surface area contributed by atoms with Crippen LogP contribution in [0.4, 0.5) is 13.2 Å². The molecule has 0 saturated heterocycles. The molecule has 0 saturated carbocycles. The molecule has 7 heteroatoms. The van der Waals surface area contributed by atoms with Crippen molar-refractivity contribution in [1.29, 1.82) is 5.26 Å². The summed E-state index contributed by atoms with van der Waals surface area (Å²) in [6, 6.07) is 6.94. The molecule has 92 valence electrons. The second-order valence-electron chi connectivity index (χ2n) is 2.90. The molecule has 0 aliphatic rings. The van der Waals surface area contributed by atoms with Crippen LogP contribution < -0.4 is 9.47 Å². The van der Waals surface area contributed by atoms with Gasteiger partial charge < -0.3 is 9.47 Å². The smallest absolute Gasteiger partial charge is 0.487 e. The third-order valence-corrected chi connectivity index (χ3v) is 1.82. The first-order valence-electron chi connectivity index (χ1n) is 4.43. The Bertz CT molecular complexity index is 417. The van der Waals surface area contributed by atoms with Gasteiger partial charge in [-0.3, -0.25) is 0 Å². The number of halogens is 4. The van der Waals surface area contributed by atoms with Gasteiger partial charge in [0.05, 0.1) is 6.07 Å². The first kappa shape index (κ1) is 13.5. The molecular formula is C10H7ClF3NO2. The molecule has 3 nitrogen and oxygen atoms in total. The van der Waals surface area contributed by atoms with Gasteiger partial charge in [0.25, 0.3) is 0 Å². The minimum atomic E-state index is -4.80. The van der Waals surface area contributed by atoms with Crippen molar-refractivity contribution in [3.63, 3.8) is 0 Å². The van der Waals surface area contributed by atoms with Crippen molar-refractivity contribution >= 4 is 11.6 Å². The van der Waals surface area contributed by atoms with E-state index in [0.29, 0.717) is 0 Å². The molecule has 0 amide bonds. The van der Waals surface area contributed by atoms with Gasteiger partial charge in [0.15, 0.2) is 16.9 Å². The van der Waals surface area contributed by atoms with Crippen LogP contribution in [0.2, 0.25) is 0 Å². The molecule has 17 heavy (non-hydrogen) atoms. The van der Waals surface area contributed by atoms with E-state index in [1.165, 1.54) is 18.2 Å². The lowest BCUT2D eigenvalue weighted by molar-refractivity contribution is -0.275. The second kappa shape index (κ2) is 5.64. The molecule has 0 bridgehead atoms. The summed E-state index contributed by atoms with van der Waals surface area (Å²) in [7, 11) is 0. The fourth-order valence-electron chi connectivity index (χ4n) is 0.979. The van der Waals surface area contributed by atoms with E-state index in [9.17, 15) is 13.2 Å². The standard InChI is InChI=1S/C10H7ClF3NO2/c11-7(5-15)6-16-8-3-1-2-4-9(8)17-10(12,13)14/h1-4,7H,6H2. The van der Waals surface area contributed by atoms with E-state index in [2.05, 4.69) is 4.74 Å². The van der Waals surface area contributed by atoms with Gasteiger partial charge in [-0.2, -0.15) is 5.26 Å². The predicted molar refractivity (Wildman–Crippen MR) is 53.9 cm³/mol. The SMILES string of the molecule is N#CC(Cl)COc1ccccc1OC(F)(F)F. The fraction of sp³-hybridized carbons (Fsp3) is 0.300. The molecule has 1 rings (SSSR count). The third-order valence-electron chi connectivity index (χ3n) is 1.60. The lowest BCUT2D eigenvalue weighted by Crippen LogP contribution is -2.18.